The van der Waals surface area contributed by atoms with Crippen LogP contribution in [0.2, 0.25) is 0 Å². The second-order valence-electron chi connectivity index (χ2n) is 4.41. The molecule has 0 bridgehead atoms. The number of likely N-dealkylation sites (N-methyl/N-ethyl adjacent to an activating group) is 1. The van der Waals surface area contributed by atoms with E-state index in [4.69, 9.17) is 5.73 Å². The molecule has 0 spiro atoms. The molecule has 0 aromatic carbocycles. The third-order valence-corrected chi connectivity index (χ3v) is 3.55. The van der Waals surface area contributed by atoms with E-state index in [1.165, 1.54) is 11.3 Å². The number of carbonyl (C=O) groups is 1. The highest BCUT2D eigenvalue weighted by molar-refractivity contribution is 7.10. The van der Waals surface area contributed by atoms with Crippen LogP contribution < -0.4 is 5.73 Å². The van der Waals surface area contributed by atoms with Gasteiger partial charge >= 0.3 is 0 Å². The van der Waals surface area contributed by atoms with Crippen molar-refractivity contribution in [3.05, 3.63) is 22.4 Å². The molecule has 1 atom stereocenters. The fourth-order valence-electron chi connectivity index (χ4n) is 1.56. The standard InChI is InChI=1S/C12H21N3OS/c1-14(2)7-5-8-15(3)12(16)11(13)10-6-4-9-17-10/h4,6,9,11H,5,7-8,13H2,1-3H3. The van der Waals surface area contributed by atoms with Gasteiger partial charge in [-0.1, -0.05) is 6.07 Å². The lowest BCUT2D eigenvalue weighted by Crippen LogP contribution is -2.36. The molecule has 0 saturated heterocycles. The Labute approximate surface area is 107 Å². The Balaban J connectivity index is 2.41. The molecule has 4 nitrogen and oxygen atoms in total. The van der Waals surface area contributed by atoms with Gasteiger partial charge in [0.2, 0.25) is 5.91 Å². The molecule has 0 aliphatic heterocycles. The van der Waals surface area contributed by atoms with Crippen molar-refractivity contribution in [2.24, 2.45) is 5.73 Å². The van der Waals surface area contributed by atoms with Crippen LogP contribution in [0.3, 0.4) is 0 Å². The van der Waals surface area contributed by atoms with Crippen molar-refractivity contribution < 1.29 is 4.79 Å². The van der Waals surface area contributed by atoms with Crippen molar-refractivity contribution in [2.75, 3.05) is 34.2 Å². The number of hydrogen-bond acceptors (Lipinski definition) is 4. The average molecular weight is 255 g/mol. The predicted octanol–water partition coefficient (Wildman–Crippen LogP) is 1.16. The first kappa shape index (κ1) is 14.2. The van der Waals surface area contributed by atoms with Gasteiger partial charge < -0.3 is 15.5 Å². The first-order valence-corrected chi connectivity index (χ1v) is 6.59. The number of nitrogens with two attached hydrogens (primary N) is 1. The summed E-state index contributed by atoms with van der Waals surface area (Å²) in [5, 5.41) is 1.94. The van der Waals surface area contributed by atoms with Crippen molar-refractivity contribution in [2.45, 2.75) is 12.5 Å². The van der Waals surface area contributed by atoms with Crippen LogP contribution in [0, 0.1) is 0 Å². The molecule has 17 heavy (non-hydrogen) atoms. The Bertz CT molecular complexity index is 338. The molecule has 1 rings (SSSR count). The van der Waals surface area contributed by atoms with Gasteiger partial charge in [0.25, 0.3) is 0 Å². The van der Waals surface area contributed by atoms with Crippen LogP contribution in [0.25, 0.3) is 0 Å². The van der Waals surface area contributed by atoms with E-state index in [9.17, 15) is 4.79 Å². The summed E-state index contributed by atoms with van der Waals surface area (Å²) in [6.45, 7) is 1.72. The smallest absolute Gasteiger partial charge is 0.244 e. The molecule has 0 aliphatic carbocycles. The van der Waals surface area contributed by atoms with E-state index in [2.05, 4.69) is 4.90 Å². The number of thiophene rings is 1. The lowest BCUT2D eigenvalue weighted by Gasteiger charge is -2.21. The fraction of sp³-hybridized carbons (Fsp3) is 0.583. The maximum Gasteiger partial charge on any atom is 0.244 e. The monoisotopic (exact) mass is 255 g/mol. The highest BCUT2D eigenvalue weighted by atomic mass is 32.1. The molecule has 1 unspecified atom stereocenters. The van der Waals surface area contributed by atoms with E-state index in [1.54, 1.807) is 4.90 Å². The summed E-state index contributed by atoms with van der Waals surface area (Å²) in [6.07, 6.45) is 0.965. The number of hydrogen-bond donors (Lipinski definition) is 1. The van der Waals surface area contributed by atoms with Crippen molar-refractivity contribution in [3.8, 4) is 0 Å². The van der Waals surface area contributed by atoms with Crippen LogP contribution >= 0.6 is 11.3 Å². The van der Waals surface area contributed by atoms with Crippen molar-refractivity contribution in [1.29, 1.82) is 0 Å². The van der Waals surface area contributed by atoms with Gasteiger partial charge in [-0.25, -0.2) is 0 Å². The lowest BCUT2D eigenvalue weighted by molar-refractivity contribution is -0.131. The Morgan fingerprint density at radius 2 is 2.12 bits per heavy atom. The Morgan fingerprint density at radius 3 is 2.65 bits per heavy atom. The van der Waals surface area contributed by atoms with E-state index >= 15 is 0 Å². The molecule has 0 fully saturated rings. The topological polar surface area (TPSA) is 49.6 Å². The Morgan fingerprint density at radius 1 is 1.41 bits per heavy atom. The summed E-state index contributed by atoms with van der Waals surface area (Å²) in [6, 6.07) is 3.31. The third kappa shape index (κ3) is 4.46. The predicted molar refractivity (Wildman–Crippen MR) is 72.1 cm³/mol. The van der Waals surface area contributed by atoms with Crippen LogP contribution in [0.15, 0.2) is 17.5 Å². The first-order valence-electron chi connectivity index (χ1n) is 5.71. The average Bonchev–Trinajstić information content (AvgIpc) is 2.79. The Kier molecular flexibility index (Phi) is 5.61. The van der Waals surface area contributed by atoms with E-state index in [0.717, 1.165) is 24.4 Å². The largest absolute Gasteiger partial charge is 0.344 e. The molecule has 1 aromatic rings. The van der Waals surface area contributed by atoms with Gasteiger partial charge in [-0.05, 0) is 38.5 Å². The SMILES string of the molecule is CN(C)CCCN(C)C(=O)C(N)c1cccs1. The van der Waals surface area contributed by atoms with Gasteiger partial charge in [-0.2, -0.15) is 0 Å². The van der Waals surface area contributed by atoms with Gasteiger partial charge in [0.05, 0.1) is 0 Å². The molecule has 0 aliphatic rings. The summed E-state index contributed by atoms with van der Waals surface area (Å²) in [5.41, 5.74) is 5.92. The van der Waals surface area contributed by atoms with Gasteiger partial charge in [-0.15, -0.1) is 11.3 Å². The van der Waals surface area contributed by atoms with Crippen LogP contribution in [0.1, 0.15) is 17.3 Å². The fourth-order valence-corrected chi connectivity index (χ4v) is 2.28. The normalized spacial score (nSPS) is 12.8. The molecule has 0 saturated carbocycles. The van der Waals surface area contributed by atoms with Gasteiger partial charge in [-0.3, -0.25) is 4.79 Å². The minimum absolute atomic E-state index is 0.00814. The number of carbonyl (C=O) groups excluding carboxylic acids is 1. The maximum absolute atomic E-state index is 12.0. The molecule has 96 valence electrons. The van der Waals surface area contributed by atoms with Crippen molar-refractivity contribution in [1.82, 2.24) is 9.80 Å². The summed E-state index contributed by atoms with van der Waals surface area (Å²) in [5.74, 6) is -0.00814. The quantitative estimate of drug-likeness (QED) is 0.830. The maximum atomic E-state index is 12.0. The van der Waals surface area contributed by atoms with E-state index < -0.39 is 6.04 Å². The highest BCUT2D eigenvalue weighted by Crippen LogP contribution is 2.18. The van der Waals surface area contributed by atoms with Crippen LogP contribution in [-0.2, 0) is 4.79 Å². The zero-order chi connectivity index (χ0) is 12.8. The minimum Gasteiger partial charge on any atom is -0.344 e. The number of nitrogens with zero attached hydrogens (tertiary/aromatic N) is 2. The van der Waals surface area contributed by atoms with E-state index in [0.29, 0.717) is 0 Å². The molecule has 5 heteroatoms. The summed E-state index contributed by atoms with van der Waals surface area (Å²) in [4.78, 5) is 16.8. The molecule has 1 amide bonds. The zero-order valence-electron chi connectivity index (χ0n) is 10.7. The van der Waals surface area contributed by atoms with Gasteiger partial charge in [0.1, 0.15) is 6.04 Å². The van der Waals surface area contributed by atoms with Crippen LogP contribution in [0.4, 0.5) is 0 Å². The molecule has 1 heterocycles. The van der Waals surface area contributed by atoms with E-state index in [1.807, 2.05) is 38.7 Å². The second kappa shape index (κ2) is 6.74. The van der Waals surface area contributed by atoms with Crippen molar-refractivity contribution in [3.63, 3.8) is 0 Å². The molecule has 2 N–H and O–H groups in total. The molecule has 1 aromatic heterocycles. The number of rotatable bonds is 6. The lowest BCUT2D eigenvalue weighted by atomic mass is 10.2. The highest BCUT2D eigenvalue weighted by Gasteiger charge is 2.20. The summed E-state index contributed by atoms with van der Waals surface area (Å²) >= 11 is 1.52. The van der Waals surface area contributed by atoms with E-state index in [-0.39, 0.29) is 5.91 Å². The molecular formula is C12H21N3OS. The first-order chi connectivity index (χ1) is 8.02. The summed E-state index contributed by atoms with van der Waals surface area (Å²) in [7, 11) is 5.86. The second-order valence-corrected chi connectivity index (χ2v) is 5.39. The zero-order valence-corrected chi connectivity index (χ0v) is 11.5. The summed E-state index contributed by atoms with van der Waals surface area (Å²) < 4.78 is 0. The molecule has 0 radical (unpaired) electrons. The van der Waals surface area contributed by atoms with Gasteiger partial charge in [0, 0.05) is 18.5 Å². The minimum atomic E-state index is -0.514. The molecular weight excluding hydrogens is 234 g/mol. The number of amides is 1. The third-order valence-electron chi connectivity index (χ3n) is 2.59. The van der Waals surface area contributed by atoms with Crippen LogP contribution in [0.5, 0.6) is 0 Å². The Hall–Kier alpha value is -0.910. The van der Waals surface area contributed by atoms with Crippen molar-refractivity contribution >= 4 is 17.2 Å². The van der Waals surface area contributed by atoms with Gasteiger partial charge in [0.15, 0.2) is 0 Å². The van der Waals surface area contributed by atoms with Crippen LogP contribution in [-0.4, -0.2) is 49.9 Å².